The maximum absolute atomic E-state index is 12.2. The van der Waals surface area contributed by atoms with Gasteiger partial charge in [-0.3, -0.25) is 5.10 Å². The van der Waals surface area contributed by atoms with Crippen LogP contribution in [0.1, 0.15) is 26.2 Å². The second-order valence-electron chi connectivity index (χ2n) is 5.92. The van der Waals surface area contributed by atoms with Crippen molar-refractivity contribution in [3.63, 3.8) is 0 Å². The monoisotopic (exact) mass is 338 g/mol. The molecule has 3 rings (SSSR count). The van der Waals surface area contributed by atoms with E-state index in [4.69, 9.17) is 0 Å². The Morgan fingerprint density at radius 1 is 1.43 bits per heavy atom. The number of rotatable bonds is 7. The standard InChI is InChI=1S/C14H22N6O2S/c1-2-3-6-23(21,22)20-5-4-11(9-20)7-15-13-12-8-18-19-14(12)17-10-16-13/h8,10-11H,2-7,9H2,1H3,(H2,15,16,17,18,19). The summed E-state index contributed by atoms with van der Waals surface area (Å²) < 4.78 is 26.1. The third-order valence-corrected chi connectivity index (χ3v) is 6.13. The van der Waals surface area contributed by atoms with Gasteiger partial charge >= 0.3 is 0 Å². The predicted molar refractivity (Wildman–Crippen MR) is 88.5 cm³/mol. The molecule has 1 saturated heterocycles. The van der Waals surface area contributed by atoms with Gasteiger partial charge in [-0.25, -0.2) is 22.7 Å². The minimum absolute atomic E-state index is 0.255. The fraction of sp³-hybridized carbons (Fsp3) is 0.643. The van der Waals surface area contributed by atoms with E-state index in [9.17, 15) is 8.42 Å². The van der Waals surface area contributed by atoms with Crippen LogP contribution in [-0.2, 0) is 10.0 Å². The molecule has 2 N–H and O–H groups in total. The largest absolute Gasteiger partial charge is 0.369 e. The lowest BCUT2D eigenvalue weighted by Crippen LogP contribution is -2.31. The molecule has 0 bridgehead atoms. The van der Waals surface area contributed by atoms with E-state index < -0.39 is 10.0 Å². The van der Waals surface area contributed by atoms with Crippen LogP contribution >= 0.6 is 0 Å². The number of aromatic amines is 1. The number of nitrogens with zero attached hydrogens (tertiary/aromatic N) is 4. The van der Waals surface area contributed by atoms with Crippen molar-refractivity contribution in [3.05, 3.63) is 12.5 Å². The van der Waals surface area contributed by atoms with Gasteiger partial charge in [0.2, 0.25) is 10.0 Å². The van der Waals surface area contributed by atoms with E-state index in [1.54, 1.807) is 10.5 Å². The van der Waals surface area contributed by atoms with E-state index in [0.717, 1.165) is 30.5 Å². The molecule has 1 aliphatic heterocycles. The Morgan fingerprint density at radius 2 is 2.30 bits per heavy atom. The fourth-order valence-corrected chi connectivity index (χ4v) is 4.55. The van der Waals surface area contributed by atoms with Crippen molar-refractivity contribution in [2.45, 2.75) is 26.2 Å². The molecule has 0 amide bonds. The zero-order valence-electron chi connectivity index (χ0n) is 13.2. The minimum Gasteiger partial charge on any atom is -0.369 e. The van der Waals surface area contributed by atoms with Crippen LogP contribution in [-0.4, -0.2) is 58.3 Å². The van der Waals surface area contributed by atoms with Gasteiger partial charge in [0.25, 0.3) is 0 Å². The van der Waals surface area contributed by atoms with Gasteiger partial charge in [-0.2, -0.15) is 5.10 Å². The highest BCUT2D eigenvalue weighted by molar-refractivity contribution is 7.89. The van der Waals surface area contributed by atoms with Gasteiger partial charge in [-0.1, -0.05) is 13.3 Å². The molecule has 23 heavy (non-hydrogen) atoms. The molecule has 126 valence electrons. The Balaban J connectivity index is 1.57. The number of sulfonamides is 1. The number of H-pyrrole nitrogens is 1. The molecule has 9 heteroatoms. The van der Waals surface area contributed by atoms with E-state index in [1.807, 2.05) is 6.92 Å². The van der Waals surface area contributed by atoms with Crippen molar-refractivity contribution in [2.75, 3.05) is 30.7 Å². The van der Waals surface area contributed by atoms with Gasteiger partial charge in [0, 0.05) is 19.6 Å². The summed E-state index contributed by atoms with van der Waals surface area (Å²) in [5, 5.41) is 10.9. The minimum atomic E-state index is -3.10. The molecule has 8 nitrogen and oxygen atoms in total. The maximum Gasteiger partial charge on any atom is 0.214 e. The van der Waals surface area contributed by atoms with Crippen LogP contribution < -0.4 is 5.32 Å². The number of aromatic nitrogens is 4. The lowest BCUT2D eigenvalue weighted by molar-refractivity contribution is 0.460. The summed E-state index contributed by atoms with van der Waals surface area (Å²) in [6.45, 7) is 3.89. The molecular weight excluding hydrogens is 316 g/mol. The predicted octanol–water partition coefficient (Wildman–Crippen LogP) is 1.22. The third kappa shape index (κ3) is 3.61. The SMILES string of the molecule is CCCCS(=O)(=O)N1CCC(CNc2ncnc3[nH]ncc23)C1. The van der Waals surface area contributed by atoms with Crippen LogP contribution in [0.2, 0.25) is 0 Å². The molecule has 0 saturated carbocycles. The average Bonchev–Trinajstić information content (AvgIpc) is 3.20. The topological polar surface area (TPSA) is 104 Å². The van der Waals surface area contributed by atoms with Gasteiger partial charge in [-0.15, -0.1) is 0 Å². The molecule has 1 aliphatic rings. The van der Waals surface area contributed by atoms with Crippen molar-refractivity contribution in [1.82, 2.24) is 24.5 Å². The van der Waals surface area contributed by atoms with Crippen LogP contribution in [0.4, 0.5) is 5.82 Å². The highest BCUT2D eigenvalue weighted by Crippen LogP contribution is 2.22. The van der Waals surface area contributed by atoms with E-state index >= 15 is 0 Å². The Labute approximate surface area is 135 Å². The van der Waals surface area contributed by atoms with Crippen LogP contribution in [0.15, 0.2) is 12.5 Å². The summed E-state index contributed by atoms with van der Waals surface area (Å²) in [4.78, 5) is 8.33. The quantitative estimate of drug-likeness (QED) is 0.786. The number of anilines is 1. The first-order valence-corrected chi connectivity index (χ1v) is 9.57. The second kappa shape index (κ2) is 6.79. The van der Waals surface area contributed by atoms with E-state index in [-0.39, 0.29) is 5.75 Å². The van der Waals surface area contributed by atoms with E-state index in [0.29, 0.717) is 31.2 Å². The summed E-state index contributed by atoms with van der Waals surface area (Å²) in [7, 11) is -3.10. The molecule has 0 radical (unpaired) electrons. The summed E-state index contributed by atoms with van der Waals surface area (Å²) in [6, 6.07) is 0. The molecule has 2 aromatic heterocycles. The lowest BCUT2D eigenvalue weighted by Gasteiger charge is -2.16. The molecule has 2 aromatic rings. The van der Waals surface area contributed by atoms with Crippen molar-refractivity contribution in [2.24, 2.45) is 5.92 Å². The number of hydrogen-bond acceptors (Lipinski definition) is 6. The molecule has 1 atom stereocenters. The normalized spacial score (nSPS) is 19.4. The van der Waals surface area contributed by atoms with Crippen molar-refractivity contribution in [3.8, 4) is 0 Å². The molecule has 0 spiro atoms. The zero-order chi connectivity index (χ0) is 16.3. The zero-order valence-corrected chi connectivity index (χ0v) is 14.0. The van der Waals surface area contributed by atoms with Gasteiger partial charge in [0.1, 0.15) is 12.1 Å². The summed E-state index contributed by atoms with van der Waals surface area (Å²) in [5.74, 6) is 1.28. The molecule has 1 fully saturated rings. The fourth-order valence-electron chi connectivity index (χ4n) is 2.82. The number of fused-ring (bicyclic) bond motifs is 1. The van der Waals surface area contributed by atoms with E-state index in [2.05, 4.69) is 25.5 Å². The smallest absolute Gasteiger partial charge is 0.214 e. The van der Waals surface area contributed by atoms with Crippen LogP contribution in [0.3, 0.4) is 0 Å². The summed E-state index contributed by atoms with van der Waals surface area (Å²) >= 11 is 0. The first-order chi connectivity index (χ1) is 11.1. The van der Waals surface area contributed by atoms with Crippen LogP contribution in [0, 0.1) is 5.92 Å². The van der Waals surface area contributed by atoms with Gasteiger partial charge < -0.3 is 5.32 Å². The highest BCUT2D eigenvalue weighted by Gasteiger charge is 2.30. The van der Waals surface area contributed by atoms with Crippen molar-refractivity contribution >= 4 is 26.9 Å². The van der Waals surface area contributed by atoms with Crippen LogP contribution in [0.5, 0.6) is 0 Å². The maximum atomic E-state index is 12.2. The average molecular weight is 338 g/mol. The van der Waals surface area contributed by atoms with E-state index in [1.165, 1.54) is 6.33 Å². The Bertz CT molecular complexity index is 759. The Kier molecular flexibility index (Phi) is 4.76. The highest BCUT2D eigenvalue weighted by atomic mass is 32.2. The Hall–Kier alpha value is -1.74. The molecule has 3 heterocycles. The van der Waals surface area contributed by atoms with Gasteiger partial charge in [0.05, 0.1) is 17.3 Å². The molecule has 1 unspecified atom stereocenters. The summed E-state index contributed by atoms with van der Waals surface area (Å²) in [5.41, 5.74) is 0.692. The van der Waals surface area contributed by atoms with Gasteiger partial charge in [0.15, 0.2) is 5.65 Å². The number of unbranched alkanes of at least 4 members (excludes halogenated alkanes) is 1. The third-order valence-electron chi connectivity index (χ3n) is 4.20. The molecular formula is C14H22N6O2S. The van der Waals surface area contributed by atoms with Crippen molar-refractivity contribution in [1.29, 1.82) is 0 Å². The lowest BCUT2D eigenvalue weighted by atomic mass is 10.1. The summed E-state index contributed by atoms with van der Waals surface area (Å²) in [6.07, 6.45) is 5.67. The number of nitrogens with one attached hydrogen (secondary N) is 2. The molecule has 0 aromatic carbocycles. The molecule has 0 aliphatic carbocycles. The van der Waals surface area contributed by atoms with Crippen LogP contribution in [0.25, 0.3) is 11.0 Å². The number of hydrogen-bond donors (Lipinski definition) is 2. The first kappa shape index (κ1) is 16.1. The Morgan fingerprint density at radius 3 is 3.13 bits per heavy atom. The van der Waals surface area contributed by atoms with Gasteiger partial charge in [-0.05, 0) is 18.8 Å². The first-order valence-electron chi connectivity index (χ1n) is 7.96. The second-order valence-corrected chi connectivity index (χ2v) is 8.01. The van der Waals surface area contributed by atoms with Crippen molar-refractivity contribution < 1.29 is 8.42 Å².